The third kappa shape index (κ3) is 1.61. The topological polar surface area (TPSA) is 57.4 Å². The second kappa shape index (κ2) is 4.06. The van der Waals surface area contributed by atoms with E-state index in [2.05, 4.69) is 4.98 Å². The molecule has 2 rings (SSSR count). The molecule has 0 fully saturated rings. The summed E-state index contributed by atoms with van der Waals surface area (Å²) in [5, 5.41) is 1.18. The lowest BCUT2D eigenvalue weighted by molar-refractivity contribution is 0.397. The zero-order valence-corrected chi connectivity index (χ0v) is 9.71. The number of anilines is 1. The van der Waals surface area contributed by atoms with E-state index in [4.69, 9.17) is 26.8 Å². The van der Waals surface area contributed by atoms with Gasteiger partial charge in [0, 0.05) is 11.5 Å². The van der Waals surface area contributed by atoms with Crippen LogP contribution in [-0.4, -0.2) is 19.2 Å². The van der Waals surface area contributed by atoms with Crippen molar-refractivity contribution in [1.29, 1.82) is 0 Å². The monoisotopic (exact) mass is 238 g/mol. The van der Waals surface area contributed by atoms with Gasteiger partial charge in [-0.3, -0.25) is 4.98 Å². The summed E-state index contributed by atoms with van der Waals surface area (Å²) in [7, 11) is 3.15. The maximum atomic E-state index is 6.11. The molecule has 2 N–H and O–H groups in total. The van der Waals surface area contributed by atoms with Crippen molar-refractivity contribution in [3.05, 3.63) is 23.4 Å². The van der Waals surface area contributed by atoms with Crippen molar-refractivity contribution >= 4 is 28.2 Å². The Kier molecular flexibility index (Phi) is 2.75. The predicted molar refractivity (Wildman–Crippen MR) is 64.3 cm³/mol. The minimum atomic E-state index is 0.435. The zero-order valence-electron chi connectivity index (χ0n) is 8.95. The first-order valence-electron chi connectivity index (χ1n) is 4.63. The number of nitrogens with two attached hydrogens (primary N) is 1. The van der Waals surface area contributed by atoms with Gasteiger partial charge in [-0.15, -0.1) is 0 Å². The Morgan fingerprint density at radius 2 is 2.00 bits per heavy atom. The third-order valence-electron chi connectivity index (χ3n) is 2.33. The van der Waals surface area contributed by atoms with E-state index in [1.165, 1.54) is 6.20 Å². The highest BCUT2D eigenvalue weighted by molar-refractivity contribution is 6.38. The second-order valence-electron chi connectivity index (χ2n) is 3.25. The maximum absolute atomic E-state index is 6.11. The molecule has 16 heavy (non-hydrogen) atoms. The molecule has 4 nitrogen and oxygen atoms in total. The molecule has 0 unspecified atom stereocenters. The number of methoxy groups -OCH3 is 2. The summed E-state index contributed by atoms with van der Waals surface area (Å²) in [5.74, 6) is 1.26. The highest BCUT2D eigenvalue weighted by Crippen LogP contribution is 2.35. The van der Waals surface area contributed by atoms with Gasteiger partial charge in [0.15, 0.2) is 0 Å². The van der Waals surface area contributed by atoms with Gasteiger partial charge in [-0.1, -0.05) is 11.6 Å². The van der Waals surface area contributed by atoms with Crippen LogP contribution in [0.15, 0.2) is 18.3 Å². The fourth-order valence-corrected chi connectivity index (χ4v) is 1.70. The van der Waals surface area contributed by atoms with Gasteiger partial charge in [-0.25, -0.2) is 0 Å². The molecule has 84 valence electrons. The molecule has 0 amide bonds. The number of halogens is 1. The van der Waals surface area contributed by atoms with E-state index in [9.17, 15) is 0 Å². The molecule has 2 aromatic rings. The Balaban J connectivity index is 2.84. The molecule has 0 radical (unpaired) electrons. The van der Waals surface area contributed by atoms with Crippen molar-refractivity contribution < 1.29 is 9.47 Å². The number of aromatic nitrogens is 1. The van der Waals surface area contributed by atoms with E-state index in [0.29, 0.717) is 27.7 Å². The molecule has 5 heteroatoms. The Labute approximate surface area is 97.9 Å². The Morgan fingerprint density at radius 3 is 2.62 bits per heavy atom. The molecular formula is C11H11ClN2O2. The van der Waals surface area contributed by atoms with Gasteiger partial charge in [0.25, 0.3) is 0 Å². The number of hydrogen-bond donors (Lipinski definition) is 1. The van der Waals surface area contributed by atoms with Crippen LogP contribution in [0.4, 0.5) is 5.69 Å². The highest BCUT2D eigenvalue weighted by Gasteiger charge is 2.11. The molecule has 0 spiro atoms. The fourth-order valence-electron chi connectivity index (χ4n) is 1.50. The zero-order chi connectivity index (χ0) is 11.7. The summed E-state index contributed by atoms with van der Waals surface area (Å²) in [6.45, 7) is 0. The average Bonchev–Trinajstić information content (AvgIpc) is 2.32. The number of nitrogens with zero attached hydrogens (tertiary/aromatic N) is 1. The molecule has 0 saturated carbocycles. The lowest BCUT2D eigenvalue weighted by Gasteiger charge is -2.09. The number of rotatable bonds is 2. The first kappa shape index (κ1) is 10.8. The normalized spacial score (nSPS) is 10.4. The first-order chi connectivity index (χ1) is 7.67. The molecule has 0 bridgehead atoms. The Bertz CT molecular complexity index is 543. The highest BCUT2D eigenvalue weighted by atomic mass is 35.5. The van der Waals surface area contributed by atoms with Crippen molar-refractivity contribution in [3.63, 3.8) is 0 Å². The van der Waals surface area contributed by atoms with E-state index < -0.39 is 0 Å². The molecule has 0 aliphatic heterocycles. The van der Waals surface area contributed by atoms with E-state index in [0.717, 1.165) is 5.39 Å². The quantitative estimate of drug-likeness (QED) is 0.873. The maximum Gasteiger partial charge on any atom is 0.148 e. The van der Waals surface area contributed by atoms with E-state index in [1.807, 2.05) is 0 Å². The summed E-state index contributed by atoms with van der Waals surface area (Å²) in [4.78, 5) is 4.20. The largest absolute Gasteiger partial charge is 0.497 e. The van der Waals surface area contributed by atoms with Crippen molar-refractivity contribution in [2.45, 2.75) is 0 Å². The molecule has 1 aromatic carbocycles. The standard InChI is InChI=1S/C11H11ClN2O2/c1-15-6-3-7-10(12)8(13)5-14-11(7)9(4-6)16-2/h3-5H,13H2,1-2H3. The van der Waals surface area contributed by atoms with Crippen LogP contribution in [0, 0.1) is 0 Å². The predicted octanol–water partition coefficient (Wildman–Crippen LogP) is 2.49. The van der Waals surface area contributed by atoms with Crippen molar-refractivity contribution in [2.75, 3.05) is 20.0 Å². The lowest BCUT2D eigenvalue weighted by atomic mass is 10.2. The second-order valence-corrected chi connectivity index (χ2v) is 3.63. The Hall–Kier alpha value is -1.68. The van der Waals surface area contributed by atoms with Gasteiger partial charge >= 0.3 is 0 Å². The fraction of sp³-hybridized carbons (Fsp3) is 0.182. The SMILES string of the molecule is COc1cc(OC)c2ncc(N)c(Cl)c2c1. The van der Waals surface area contributed by atoms with Crippen LogP contribution in [-0.2, 0) is 0 Å². The number of fused-ring (bicyclic) bond motifs is 1. The smallest absolute Gasteiger partial charge is 0.148 e. The van der Waals surface area contributed by atoms with Crippen LogP contribution in [0.1, 0.15) is 0 Å². The van der Waals surface area contributed by atoms with Crippen LogP contribution in [0.2, 0.25) is 5.02 Å². The van der Waals surface area contributed by atoms with E-state index >= 15 is 0 Å². The van der Waals surface area contributed by atoms with Crippen molar-refractivity contribution in [2.24, 2.45) is 0 Å². The van der Waals surface area contributed by atoms with E-state index in [1.54, 1.807) is 26.4 Å². The van der Waals surface area contributed by atoms with Gasteiger partial charge < -0.3 is 15.2 Å². The first-order valence-corrected chi connectivity index (χ1v) is 5.01. The number of ether oxygens (including phenoxy) is 2. The van der Waals surface area contributed by atoms with Crippen LogP contribution >= 0.6 is 11.6 Å². The molecule has 0 atom stereocenters. The van der Waals surface area contributed by atoms with Gasteiger partial charge in [-0.2, -0.15) is 0 Å². The summed E-state index contributed by atoms with van der Waals surface area (Å²) >= 11 is 6.11. The summed E-state index contributed by atoms with van der Waals surface area (Å²) in [6.07, 6.45) is 1.51. The lowest BCUT2D eigenvalue weighted by Crippen LogP contribution is -1.94. The average molecular weight is 239 g/mol. The summed E-state index contributed by atoms with van der Waals surface area (Å²) in [6, 6.07) is 3.53. The van der Waals surface area contributed by atoms with Gasteiger partial charge in [0.1, 0.15) is 17.0 Å². The van der Waals surface area contributed by atoms with Crippen LogP contribution in [0.3, 0.4) is 0 Å². The minimum Gasteiger partial charge on any atom is -0.497 e. The molecule has 0 aliphatic rings. The number of benzene rings is 1. The molecule has 1 aromatic heterocycles. The van der Waals surface area contributed by atoms with Gasteiger partial charge in [-0.05, 0) is 6.07 Å². The van der Waals surface area contributed by atoms with Crippen molar-refractivity contribution in [1.82, 2.24) is 4.98 Å². The van der Waals surface area contributed by atoms with Crippen LogP contribution in [0.25, 0.3) is 10.9 Å². The van der Waals surface area contributed by atoms with Gasteiger partial charge in [0.05, 0.1) is 31.1 Å². The molecular weight excluding hydrogens is 228 g/mol. The number of pyridine rings is 1. The third-order valence-corrected chi connectivity index (χ3v) is 2.75. The molecule has 1 heterocycles. The number of nitrogen functional groups attached to an aromatic ring is 1. The van der Waals surface area contributed by atoms with Crippen LogP contribution in [0.5, 0.6) is 11.5 Å². The van der Waals surface area contributed by atoms with E-state index in [-0.39, 0.29) is 0 Å². The summed E-state index contributed by atoms with van der Waals surface area (Å²) < 4.78 is 10.4. The summed E-state index contributed by atoms with van der Waals surface area (Å²) in [5.41, 5.74) is 6.80. The molecule has 0 aliphatic carbocycles. The molecule has 0 saturated heterocycles. The number of hydrogen-bond acceptors (Lipinski definition) is 4. The van der Waals surface area contributed by atoms with Crippen molar-refractivity contribution in [3.8, 4) is 11.5 Å². The van der Waals surface area contributed by atoms with Crippen LogP contribution < -0.4 is 15.2 Å². The van der Waals surface area contributed by atoms with Gasteiger partial charge in [0.2, 0.25) is 0 Å². The minimum absolute atomic E-state index is 0.435. The Morgan fingerprint density at radius 1 is 1.25 bits per heavy atom.